The largest absolute Gasteiger partial charge is 0.481 e. The van der Waals surface area contributed by atoms with Crippen LogP contribution in [0.3, 0.4) is 0 Å². The number of carbonyl (C=O) groups is 1. The van der Waals surface area contributed by atoms with Crippen molar-refractivity contribution in [1.29, 1.82) is 0 Å². The third kappa shape index (κ3) is 0.939. The van der Waals surface area contributed by atoms with E-state index in [0.717, 1.165) is 12.8 Å². The van der Waals surface area contributed by atoms with E-state index in [0.29, 0.717) is 11.8 Å². The van der Waals surface area contributed by atoms with Crippen LogP contribution in [0, 0.1) is 11.8 Å². The van der Waals surface area contributed by atoms with E-state index in [9.17, 15) is 4.79 Å². The Morgan fingerprint density at radius 2 is 2.14 bits per heavy atom. The van der Waals surface area contributed by atoms with Crippen LogP contribution in [0.1, 0.15) is 23.5 Å². The van der Waals surface area contributed by atoms with E-state index in [1.807, 2.05) is 12.1 Å². The minimum absolute atomic E-state index is 0.0985. The summed E-state index contributed by atoms with van der Waals surface area (Å²) in [6.07, 6.45) is 2.11. The summed E-state index contributed by atoms with van der Waals surface area (Å²) in [6.45, 7) is 0. The van der Waals surface area contributed by atoms with Crippen LogP contribution in [0.2, 0.25) is 0 Å². The van der Waals surface area contributed by atoms with Crippen LogP contribution in [0.4, 0.5) is 0 Å². The maximum absolute atomic E-state index is 10.9. The SMILES string of the molecule is O=C(O)[C@@H]1[C@H]2CCc3ccccc3[C@@H]21. The van der Waals surface area contributed by atoms with Crippen molar-refractivity contribution in [2.75, 3.05) is 0 Å². The molecule has 0 saturated heterocycles. The summed E-state index contributed by atoms with van der Waals surface area (Å²) in [6, 6.07) is 8.27. The van der Waals surface area contributed by atoms with Gasteiger partial charge >= 0.3 is 5.97 Å². The van der Waals surface area contributed by atoms with Gasteiger partial charge in [-0.15, -0.1) is 0 Å². The highest BCUT2D eigenvalue weighted by Gasteiger charge is 2.57. The zero-order valence-corrected chi connectivity index (χ0v) is 7.81. The number of carboxylic acids is 1. The van der Waals surface area contributed by atoms with Crippen LogP contribution in [0.15, 0.2) is 24.3 Å². The Balaban J connectivity index is 2.00. The van der Waals surface area contributed by atoms with Crippen molar-refractivity contribution in [2.24, 2.45) is 11.8 Å². The monoisotopic (exact) mass is 188 g/mol. The molecule has 72 valence electrons. The maximum atomic E-state index is 10.9. The highest BCUT2D eigenvalue weighted by atomic mass is 16.4. The normalized spacial score (nSPS) is 33.0. The number of aryl methyl sites for hydroxylation is 1. The second-order valence-corrected chi connectivity index (χ2v) is 4.29. The fraction of sp³-hybridized carbons (Fsp3) is 0.417. The Morgan fingerprint density at radius 3 is 2.93 bits per heavy atom. The van der Waals surface area contributed by atoms with Crippen LogP contribution in [0.25, 0.3) is 0 Å². The zero-order chi connectivity index (χ0) is 9.71. The first-order valence-electron chi connectivity index (χ1n) is 5.09. The second-order valence-electron chi connectivity index (χ2n) is 4.29. The Bertz CT molecular complexity index is 397. The van der Waals surface area contributed by atoms with Crippen LogP contribution in [-0.4, -0.2) is 11.1 Å². The first-order valence-corrected chi connectivity index (χ1v) is 5.09. The predicted octanol–water partition coefficient (Wildman–Crippen LogP) is 2.05. The highest BCUT2D eigenvalue weighted by Crippen LogP contribution is 2.59. The molecule has 1 aromatic rings. The van der Waals surface area contributed by atoms with Crippen molar-refractivity contribution in [3.8, 4) is 0 Å². The van der Waals surface area contributed by atoms with Gasteiger partial charge in [-0.1, -0.05) is 24.3 Å². The summed E-state index contributed by atoms with van der Waals surface area (Å²) in [5, 5.41) is 9.01. The van der Waals surface area contributed by atoms with Gasteiger partial charge in [-0.25, -0.2) is 0 Å². The molecule has 2 aliphatic carbocycles. The van der Waals surface area contributed by atoms with Crippen molar-refractivity contribution in [3.63, 3.8) is 0 Å². The molecule has 0 bridgehead atoms. The van der Waals surface area contributed by atoms with E-state index in [1.165, 1.54) is 11.1 Å². The van der Waals surface area contributed by atoms with E-state index >= 15 is 0 Å². The average Bonchev–Trinajstić information content (AvgIpc) is 2.92. The van der Waals surface area contributed by atoms with Gasteiger partial charge in [0.05, 0.1) is 5.92 Å². The van der Waals surface area contributed by atoms with Crippen LogP contribution >= 0.6 is 0 Å². The van der Waals surface area contributed by atoms with Crippen molar-refractivity contribution in [3.05, 3.63) is 35.4 Å². The molecule has 3 rings (SSSR count). The molecule has 1 fully saturated rings. The molecule has 14 heavy (non-hydrogen) atoms. The summed E-state index contributed by atoms with van der Waals surface area (Å²) >= 11 is 0. The van der Waals surface area contributed by atoms with Crippen LogP contribution in [-0.2, 0) is 11.2 Å². The molecule has 0 unspecified atom stereocenters. The summed E-state index contributed by atoms with van der Waals surface area (Å²) in [7, 11) is 0. The van der Waals surface area contributed by atoms with E-state index in [1.54, 1.807) is 0 Å². The van der Waals surface area contributed by atoms with Crippen molar-refractivity contribution in [2.45, 2.75) is 18.8 Å². The predicted molar refractivity (Wildman–Crippen MR) is 52.1 cm³/mol. The minimum atomic E-state index is -0.614. The van der Waals surface area contributed by atoms with Gasteiger partial charge in [0.2, 0.25) is 0 Å². The van der Waals surface area contributed by atoms with Gasteiger partial charge < -0.3 is 5.11 Å². The van der Waals surface area contributed by atoms with Gasteiger partial charge in [-0.2, -0.15) is 0 Å². The van der Waals surface area contributed by atoms with Crippen molar-refractivity contribution < 1.29 is 9.90 Å². The molecule has 0 aromatic heterocycles. The molecule has 0 heterocycles. The molecule has 1 N–H and O–H groups in total. The number of hydrogen-bond donors (Lipinski definition) is 1. The van der Waals surface area contributed by atoms with Crippen molar-refractivity contribution >= 4 is 5.97 Å². The molecule has 0 aliphatic heterocycles. The van der Waals surface area contributed by atoms with Crippen LogP contribution < -0.4 is 0 Å². The fourth-order valence-corrected chi connectivity index (χ4v) is 2.90. The number of fused-ring (bicyclic) bond motifs is 3. The quantitative estimate of drug-likeness (QED) is 0.732. The Hall–Kier alpha value is -1.31. The molecule has 2 nitrogen and oxygen atoms in total. The molecule has 3 atom stereocenters. The van der Waals surface area contributed by atoms with Gasteiger partial charge in [0.15, 0.2) is 0 Å². The van der Waals surface area contributed by atoms with Gasteiger partial charge in [-0.05, 0) is 29.9 Å². The minimum Gasteiger partial charge on any atom is -0.481 e. The smallest absolute Gasteiger partial charge is 0.307 e. The Labute approximate surface area is 82.6 Å². The number of carboxylic acid groups (broad SMARTS) is 1. The molecular weight excluding hydrogens is 176 g/mol. The van der Waals surface area contributed by atoms with Gasteiger partial charge in [0, 0.05) is 5.92 Å². The van der Waals surface area contributed by atoms with E-state index < -0.39 is 5.97 Å². The topological polar surface area (TPSA) is 37.3 Å². The molecule has 1 aromatic carbocycles. The van der Waals surface area contributed by atoms with Crippen LogP contribution in [0.5, 0.6) is 0 Å². The lowest BCUT2D eigenvalue weighted by Crippen LogP contribution is -2.00. The average molecular weight is 188 g/mol. The maximum Gasteiger partial charge on any atom is 0.307 e. The third-order valence-electron chi connectivity index (χ3n) is 3.61. The van der Waals surface area contributed by atoms with E-state index in [2.05, 4.69) is 12.1 Å². The number of hydrogen-bond acceptors (Lipinski definition) is 1. The van der Waals surface area contributed by atoms with Gasteiger partial charge in [0.25, 0.3) is 0 Å². The molecule has 2 heteroatoms. The standard InChI is InChI=1S/C12H12O2/c13-12(14)11-9-6-5-7-3-1-2-4-8(7)10(9)11/h1-4,9-11H,5-6H2,(H,13,14)/t9-,10-,11+/m0/s1. The highest BCUT2D eigenvalue weighted by molar-refractivity contribution is 5.76. The van der Waals surface area contributed by atoms with Gasteiger partial charge in [0.1, 0.15) is 0 Å². The number of rotatable bonds is 1. The fourth-order valence-electron chi connectivity index (χ4n) is 2.90. The summed E-state index contributed by atoms with van der Waals surface area (Å²) in [4.78, 5) is 10.9. The molecule has 1 saturated carbocycles. The number of benzene rings is 1. The summed E-state index contributed by atoms with van der Waals surface area (Å²) < 4.78 is 0. The Morgan fingerprint density at radius 1 is 1.36 bits per heavy atom. The summed E-state index contributed by atoms with van der Waals surface area (Å²) in [5.41, 5.74) is 2.65. The molecule has 0 amide bonds. The Kier molecular flexibility index (Phi) is 1.49. The molecule has 2 aliphatic rings. The first-order chi connectivity index (χ1) is 6.79. The summed E-state index contributed by atoms with van der Waals surface area (Å²) in [5.74, 6) is 0.0233. The number of aliphatic carboxylic acids is 1. The third-order valence-corrected chi connectivity index (χ3v) is 3.61. The second kappa shape index (κ2) is 2.59. The molecular formula is C12H12O2. The lowest BCUT2D eigenvalue weighted by atomic mass is 9.92. The van der Waals surface area contributed by atoms with Crippen molar-refractivity contribution in [1.82, 2.24) is 0 Å². The lowest BCUT2D eigenvalue weighted by Gasteiger charge is -2.13. The first kappa shape index (κ1) is 8.04. The molecule has 0 radical (unpaired) electrons. The van der Waals surface area contributed by atoms with E-state index in [4.69, 9.17) is 5.11 Å². The lowest BCUT2D eigenvalue weighted by molar-refractivity contribution is -0.138. The zero-order valence-electron chi connectivity index (χ0n) is 7.81. The van der Waals surface area contributed by atoms with Gasteiger partial charge in [-0.3, -0.25) is 4.79 Å². The molecule has 0 spiro atoms. The van der Waals surface area contributed by atoms with E-state index in [-0.39, 0.29) is 5.92 Å².